The Morgan fingerprint density at radius 1 is 1.20 bits per heavy atom. The monoisotopic (exact) mass is 268 g/mol. The van der Waals surface area contributed by atoms with Gasteiger partial charge in [-0.2, -0.15) is 0 Å². The highest BCUT2D eigenvalue weighted by Gasteiger charge is 2.20. The number of nitrogen functional groups attached to an aromatic ring is 1. The molecule has 1 aliphatic heterocycles. The second kappa shape index (κ2) is 4.89. The lowest BCUT2D eigenvalue weighted by molar-refractivity contribution is 0.0697. The van der Waals surface area contributed by atoms with Crippen LogP contribution >= 0.6 is 0 Å². The van der Waals surface area contributed by atoms with E-state index in [-0.39, 0.29) is 0 Å². The van der Waals surface area contributed by atoms with Crippen LogP contribution in [-0.2, 0) is 13.0 Å². The van der Waals surface area contributed by atoms with Crippen LogP contribution in [-0.4, -0.2) is 17.6 Å². The van der Waals surface area contributed by atoms with Gasteiger partial charge in [0, 0.05) is 24.5 Å². The number of rotatable bonds is 3. The molecule has 3 rings (SSSR count). The standard InChI is InChI=1S/C16H16N2O2/c17-14-4-1-11(2-5-14)10-18-8-7-12-9-13(16(19)20)3-6-15(12)18/h1-6,9H,7-8,10,17H2,(H,19,20). The van der Waals surface area contributed by atoms with Crippen molar-refractivity contribution in [2.24, 2.45) is 0 Å². The minimum absolute atomic E-state index is 0.359. The smallest absolute Gasteiger partial charge is 0.335 e. The molecule has 4 nitrogen and oxygen atoms in total. The average Bonchev–Trinajstić information content (AvgIpc) is 2.84. The van der Waals surface area contributed by atoms with Crippen LogP contribution in [0.15, 0.2) is 42.5 Å². The molecular formula is C16H16N2O2. The van der Waals surface area contributed by atoms with E-state index in [1.807, 2.05) is 30.3 Å². The molecule has 0 saturated carbocycles. The molecule has 2 aromatic carbocycles. The Balaban J connectivity index is 1.82. The second-order valence-corrected chi connectivity index (χ2v) is 5.06. The first-order chi connectivity index (χ1) is 9.63. The number of carbonyl (C=O) groups is 1. The predicted molar refractivity (Wildman–Crippen MR) is 79.0 cm³/mol. The molecule has 1 aliphatic rings. The van der Waals surface area contributed by atoms with Gasteiger partial charge >= 0.3 is 5.97 Å². The van der Waals surface area contributed by atoms with Crippen molar-refractivity contribution in [3.63, 3.8) is 0 Å². The highest BCUT2D eigenvalue weighted by Crippen LogP contribution is 2.30. The van der Waals surface area contributed by atoms with Gasteiger partial charge in [0.25, 0.3) is 0 Å². The Labute approximate surface area is 117 Å². The third-order valence-corrected chi connectivity index (χ3v) is 3.67. The van der Waals surface area contributed by atoms with Crippen molar-refractivity contribution in [3.05, 3.63) is 59.2 Å². The predicted octanol–water partition coefficient (Wildman–Crippen LogP) is 2.53. The van der Waals surface area contributed by atoms with Gasteiger partial charge in [0.2, 0.25) is 0 Å². The van der Waals surface area contributed by atoms with Crippen LogP contribution in [0.3, 0.4) is 0 Å². The first-order valence-corrected chi connectivity index (χ1v) is 6.59. The van der Waals surface area contributed by atoms with E-state index in [1.165, 1.54) is 5.56 Å². The zero-order valence-corrected chi connectivity index (χ0v) is 11.0. The Kier molecular flexibility index (Phi) is 3.06. The first-order valence-electron chi connectivity index (χ1n) is 6.59. The topological polar surface area (TPSA) is 66.6 Å². The lowest BCUT2D eigenvalue weighted by Gasteiger charge is -2.19. The summed E-state index contributed by atoms with van der Waals surface area (Å²) in [7, 11) is 0. The van der Waals surface area contributed by atoms with E-state index in [2.05, 4.69) is 4.90 Å². The van der Waals surface area contributed by atoms with Gasteiger partial charge < -0.3 is 15.7 Å². The Bertz CT molecular complexity index is 650. The minimum atomic E-state index is -0.871. The first kappa shape index (κ1) is 12.5. The molecule has 0 aliphatic carbocycles. The summed E-state index contributed by atoms with van der Waals surface area (Å²) in [6.45, 7) is 1.74. The average molecular weight is 268 g/mol. The molecule has 3 N–H and O–H groups in total. The SMILES string of the molecule is Nc1ccc(CN2CCc3cc(C(=O)O)ccc32)cc1. The van der Waals surface area contributed by atoms with E-state index in [4.69, 9.17) is 10.8 Å². The van der Waals surface area contributed by atoms with Gasteiger partial charge in [-0.25, -0.2) is 4.79 Å². The molecule has 0 spiro atoms. The fourth-order valence-corrected chi connectivity index (χ4v) is 2.61. The number of hydrogen-bond acceptors (Lipinski definition) is 3. The van der Waals surface area contributed by atoms with Crippen molar-refractivity contribution in [1.82, 2.24) is 0 Å². The van der Waals surface area contributed by atoms with E-state index in [0.717, 1.165) is 36.4 Å². The van der Waals surface area contributed by atoms with Crippen molar-refractivity contribution in [3.8, 4) is 0 Å². The number of hydrogen-bond donors (Lipinski definition) is 2. The van der Waals surface area contributed by atoms with Crippen molar-refractivity contribution < 1.29 is 9.90 Å². The molecule has 0 atom stereocenters. The summed E-state index contributed by atoms with van der Waals surface area (Å²) in [6, 6.07) is 13.2. The lowest BCUT2D eigenvalue weighted by Crippen LogP contribution is -2.19. The van der Waals surface area contributed by atoms with E-state index in [1.54, 1.807) is 12.1 Å². The summed E-state index contributed by atoms with van der Waals surface area (Å²) < 4.78 is 0. The Morgan fingerprint density at radius 3 is 2.65 bits per heavy atom. The number of nitrogens with two attached hydrogens (primary N) is 1. The fourth-order valence-electron chi connectivity index (χ4n) is 2.61. The molecule has 0 amide bonds. The maximum atomic E-state index is 11.0. The molecule has 1 heterocycles. The van der Waals surface area contributed by atoms with Crippen LogP contribution in [0.1, 0.15) is 21.5 Å². The summed E-state index contributed by atoms with van der Waals surface area (Å²) in [6.07, 6.45) is 0.894. The van der Waals surface area contributed by atoms with Gasteiger partial charge in [0.15, 0.2) is 0 Å². The van der Waals surface area contributed by atoms with Gasteiger partial charge in [-0.3, -0.25) is 0 Å². The minimum Gasteiger partial charge on any atom is -0.478 e. The second-order valence-electron chi connectivity index (χ2n) is 5.06. The van der Waals surface area contributed by atoms with Gasteiger partial charge in [-0.15, -0.1) is 0 Å². The lowest BCUT2D eigenvalue weighted by atomic mass is 10.1. The summed E-state index contributed by atoms with van der Waals surface area (Å²) in [5.74, 6) is -0.871. The molecular weight excluding hydrogens is 252 g/mol. The maximum absolute atomic E-state index is 11.0. The molecule has 0 radical (unpaired) electrons. The largest absolute Gasteiger partial charge is 0.478 e. The van der Waals surface area contributed by atoms with Gasteiger partial charge in [0.05, 0.1) is 5.56 Å². The molecule has 20 heavy (non-hydrogen) atoms. The van der Waals surface area contributed by atoms with Gasteiger partial charge in [-0.1, -0.05) is 12.1 Å². The number of carboxylic acid groups (broad SMARTS) is 1. The third-order valence-electron chi connectivity index (χ3n) is 3.67. The maximum Gasteiger partial charge on any atom is 0.335 e. The van der Waals surface area contributed by atoms with Crippen molar-refractivity contribution in [2.75, 3.05) is 17.2 Å². The third kappa shape index (κ3) is 2.32. The van der Waals surface area contributed by atoms with Gasteiger partial charge in [-0.05, 0) is 47.9 Å². The number of nitrogens with zero attached hydrogens (tertiary/aromatic N) is 1. The van der Waals surface area contributed by atoms with Crippen LogP contribution in [0.2, 0.25) is 0 Å². The number of fused-ring (bicyclic) bond motifs is 1. The van der Waals surface area contributed by atoms with Crippen LogP contribution in [0, 0.1) is 0 Å². The Hall–Kier alpha value is -2.49. The molecule has 102 valence electrons. The number of anilines is 2. The highest BCUT2D eigenvalue weighted by atomic mass is 16.4. The summed E-state index contributed by atoms with van der Waals surface area (Å²) in [5, 5.41) is 9.02. The molecule has 0 saturated heterocycles. The number of aromatic carboxylic acids is 1. The molecule has 0 fully saturated rings. The summed E-state index contributed by atoms with van der Waals surface area (Å²) in [4.78, 5) is 13.3. The summed E-state index contributed by atoms with van der Waals surface area (Å²) >= 11 is 0. The van der Waals surface area contributed by atoms with E-state index >= 15 is 0 Å². The number of benzene rings is 2. The zero-order valence-electron chi connectivity index (χ0n) is 11.0. The molecule has 0 unspecified atom stereocenters. The van der Waals surface area contributed by atoms with Crippen molar-refractivity contribution >= 4 is 17.3 Å². The van der Waals surface area contributed by atoms with Crippen molar-refractivity contribution in [2.45, 2.75) is 13.0 Å². The quantitative estimate of drug-likeness (QED) is 0.839. The molecule has 2 aromatic rings. The summed E-state index contributed by atoms with van der Waals surface area (Å²) in [5.41, 5.74) is 10.3. The molecule has 0 aromatic heterocycles. The fraction of sp³-hybridized carbons (Fsp3) is 0.188. The van der Waals surface area contributed by atoms with Crippen molar-refractivity contribution in [1.29, 1.82) is 0 Å². The van der Waals surface area contributed by atoms with Crippen LogP contribution < -0.4 is 10.6 Å². The van der Waals surface area contributed by atoms with E-state index < -0.39 is 5.97 Å². The van der Waals surface area contributed by atoms with Crippen LogP contribution in [0.5, 0.6) is 0 Å². The normalized spacial score (nSPS) is 13.3. The molecule has 4 heteroatoms. The van der Waals surface area contributed by atoms with Gasteiger partial charge in [0.1, 0.15) is 0 Å². The highest BCUT2D eigenvalue weighted by molar-refractivity contribution is 5.88. The van der Waals surface area contributed by atoms with E-state index in [0.29, 0.717) is 5.56 Å². The molecule has 0 bridgehead atoms. The van der Waals surface area contributed by atoms with Crippen LogP contribution in [0.4, 0.5) is 11.4 Å². The Morgan fingerprint density at radius 2 is 1.95 bits per heavy atom. The van der Waals surface area contributed by atoms with Crippen LogP contribution in [0.25, 0.3) is 0 Å². The van der Waals surface area contributed by atoms with E-state index in [9.17, 15) is 4.79 Å². The number of carboxylic acids is 1. The zero-order chi connectivity index (χ0) is 14.1.